The first-order valence-electron chi connectivity index (χ1n) is 6.17. The molecule has 0 aliphatic heterocycles. The Morgan fingerprint density at radius 1 is 1.24 bits per heavy atom. The number of thiophene rings is 1. The molecule has 1 saturated carbocycles. The summed E-state index contributed by atoms with van der Waals surface area (Å²) in [5, 5.41) is 0. The van der Waals surface area contributed by atoms with Crippen molar-refractivity contribution in [3.63, 3.8) is 0 Å². The van der Waals surface area contributed by atoms with Crippen LogP contribution in [-0.4, -0.2) is 0 Å². The number of rotatable bonds is 2. The van der Waals surface area contributed by atoms with Gasteiger partial charge in [0.25, 0.3) is 0 Å². The van der Waals surface area contributed by atoms with Crippen LogP contribution in [0, 0.1) is 17.8 Å². The first-order valence-corrected chi connectivity index (χ1v) is 8.58. The summed E-state index contributed by atoms with van der Waals surface area (Å²) in [6.07, 6.45) is 3.92. The van der Waals surface area contributed by atoms with Crippen molar-refractivity contribution in [2.75, 3.05) is 0 Å². The van der Waals surface area contributed by atoms with Crippen molar-refractivity contribution in [1.82, 2.24) is 0 Å². The van der Waals surface area contributed by atoms with E-state index in [2.05, 4.69) is 51.8 Å². The quantitative estimate of drug-likeness (QED) is 0.735. The molecule has 0 spiro atoms. The van der Waals surface area contributed by atoms with Gasteiger partial charge in [0.15, 0.2) is 0 Å². The van der Waals surface area contributed by atoms with Crippen LogP contribution in [0.4, 0.5) is 0 Å². The zero-order valence-electron chi connectivity index (χ0n) is 10.2. The Labute approximate surface area is 124 Å². The second-order valence-corrected chi connectivity index (χ2v) is 8.73. The molecule has 1 aliphatic carbocycles. The Balaban J connectivity index is 2.11. The Morgan fingerprint density at radius 2 is 1.82 bits per heavy atom. The van der Waals surface area contributed by atoms with Crippen LogP contribution < -0.4 is 5.73 Å². The Morgan fingerprint density at radius 3 is 2.29 bits per heavy atom. The fourth-order valence-corrected chi connectivity index (χ4v) is 5.25. The third-order valence-electron chi connectivity index (χ3n) is 3.72. The van der Waals surface area contributed by atoms with Crippen molar-refractivity contribution in [2.24, 2.45) is 23.5 Å². The van der Waals surface area contributed by atoms with E-state index in [1.54, 1.807) is 11.3 Å². The molecule has 0 bridgehead atoms. The van der Waals surface area contributed by atoms with E-state index in [1.807, 2.05) is 0 Å². The molecule has 1 nitrogen and oxygen atoms in total. The molecule has 1 heterocycles. The molecule has 1 aromatic rings. The van der Waals surface area contributed by atoms with Crippen molar-refractivity contribution >= 4 is 43.2 Å². The largest absolute Gasteiger partial charge is 0.323 e. The lowest BCUT2D eigenvalue weighted by atomic mass is 9.74. The molecule has 3 unspecified atom stereocenters. The van der Waals surface area contributed by atoms with Crippen molar-refractivity contribution in [3.05, 3.63) is 19.2 Å². The maximum Gasteiger partial charge on any atom is 0.0843 e. The highest BCUT2D eigenvalue weighted by atomic mass is 79.9. The average molecular weight is 381 g/mol. The molecule has 17 heavy (non-hydrogen) atoms. The Kier molecular flexibility index (Phi) is 4.73. The van der Waals surface area contributed by atoms with E-state index in [4.69, 9.17) is 5.73 Å². The van der Waals surface area contributed by atoms with Gasteiger partial charge in [0.2, 0.25) is 0 Å². The normalized spacial score (nSPS) is 31.5. The van der Waals surface area contributed by atoms with E-state index in [-0.39, 0.29) is 6.04 Å². The second kappa shape index (κ2) is 5.72. The molecule has 0 aromatic carbocycles. The van der Waals surface area contributed by atoms with E-state index < -0.39 is 0 Å². The highest BCUT2D eigenvalue weighted by Gasteiger charge is 2.29. The summed E-state index contributed by atoms with van der Waals surface area (Å²) in [7, 11) is 0. The first-order chi connectivity index (χ1) is 7.97. The van der Waals surface area contributed by atoms with E-state index in [1.165, 1.54) is 24.1 Å². The summed E-state index contributed by atoms with van der Waals surface area (Å²) in [5.41, 5.74) is 6.45. The van der Waals surface area contributed by atoms with E-state index in [9.17, 15) is 0 Å². The van der Waals surface area contributed by atoms with E-state index in [0.717, 1.165) is 20.1 Å². The fraction of sp³-hybridized carbons (Fsp3) is 0.692. The van der Waals surface area contributed by atoms with Crippen molar-refractivity contribution in [3.8, 4) is 0 Å². The molecule has 1 aliphatic rings. The van der Waals surface area contributed by atoms with Crippen LogP contribution in [0.15, 0.2) is 14.3 Å². The van der Waals surface area contributed by atoms with Gasteiger partial charge < -0.3 is 5.73 Å². The lowest BCUT2D eigenvalue weighted by Gasteiger charge is -2.34. The summed E-state index contributed by atoms with van der Waals surface area (Å²) in [6, 6.07) is 2.37. The monoisotopic (exact) mass is 379 g/mol. The van der Waals surface area contributed by atoms with Gasteiger partial charge in [-0.3, -0.25) is 0 Å². The van der Waals surface area contributed by atoms with Gasteiger partial charge in [0.05, 0.1) is 3.79 Å². The molecule has 96 valence electrons. The van der Waals surface area contributed by atoms with Crippen LogP contribution in [0.2, 0.25) is 0 Å². The van der Waals surface area contributed by atoms with Gasteiger partial charge in [0.1, 0.15) is 0 Å². The smallest absolute Gasteiger partial charge is 0.0843 e. The summed E-state index contributed by atoms with van der Waals surface area (Å²) in [6.45, 7) is 4.71. The first kappa shape index (κ1) is 14.0. The third-order valence-corrected chi connectivity index (χ3v) is 7.07. The third kappa shape index (κ3) is 3.34. The lowest BCUT2D eigenvalue weighted by Crippen LogP contribution is -2.28. The summed E-state index contributed by atoms with van der Waals surface area (Å²) in [5.74, 6) is 2.29. The Bertz CT molecular complexity index is 361. The van der Waals surface area contributed by atoms with Gasteiger partial charge in [-0.1, -0.05) is 13.8 Å². The molecule has 3 atom stereocenters. The topological polar surface area (TPSA) is 26.0 Å². The number of hydrogen-bond acceptors (Lipinski definition) is 2. The minimum absolute atomic E-state index is 0.202. The van der Waals surface area contributed by atoms with Gasteiger partial charge >= 0.3 is 0 Å². The number of hydrogen-bond donors (Lipinski definition) is 1. The van der Waals surface area contributed by atoms with Gasteiger partial charge in [-0.25, -0.2) is 0 Å². The molecule has 1 fully saturated rings. The fourth-order valence-electron chi connectivity index (χ4n) is 3.06. The minimum atomic E-state index is 0.202. The predicted molar refractivity (Wildman–Crippen MR) is 82.3 cm³/mol. The van der Waals surface area contributed by atoms with Gasteiger partial charge in [-0.15, -0.1) is 11.3 Å². The molecule has 2 N–H and O–H groups in total. The highest BCUT2D eigenvalue weighted by molar-refractivity contribution is 9.13. The zero-order valence-corrected chi connectivity index (χ0v) is 14.2. The molecular weight excluding hydrogens is 362 g/mol. The maximum atomic E-state index is 6.45. The minimum Gasteiger partial charge on any atom is -0.323 e. The molecule has 0 amide bonds. The van der Waals surface area contributed by atoms with Crippen LogP contribution in [0.1, 0.15) is 44.0 Å². The lowest BCUT2D eigenvalue weighted by molar-refractivity contribution is 0.194. The molecular formula is C13H19Br2NS. The number of nitrogens with two attached hydrogens (primary N) is 1. The molecule has 0 saturated heterocycles. The van der Waals surface area contributed by atoms with Gasteiger partial charge in [-0.05, 0) is 74.9 Å². The Hall–Kier alpha value is 0.620. The van der Waals surface area contributed by atoms with Crippen LogP contribution in [0.25, 0.3) is 0 Å². The van der Waals surface area contributed by atoms with Gasteiger partial charge in [0, 0.05) is 15.4 Å². The van der Waals surface area contributed by atoms with Gasteiger partial charge in [-0.2, -0.15) is 0 Å². The molecule has 4 heteroatoms. The van der Waals surface area contributed by atoms with Crippen LogP contribution in [0.5, 0.6) is 0 Å². The van der Waals surface area contributed by atoms with Crippen LogP contribution in [-0.2, 0) is 0 Å². The predicted octanol–water partition coefficient (Wildman–Crippen LogP) is 5.35. The second-order valence-electron chi connectivity index (χ2n) is 5.47. The highest BCUT2D eigenvalue weighted by Crippen LogP contribution is 2.42. The summed E-state index contributed by atoms with van der Waals surface area (Å²) < 4.78 is 2.28. The molecule has 0 radical (unpaired) electrons. The molecule has 1 aromatic heterocycles. The van der Waals surface area contributed by atoms with Crippen molar-refractivity contribution < 1.29 is 0 Å². The standard InChI is InChI=1S/C13H19Br2NS/c1-7-3-8(2)5-9(4-7)12(16)11-6-10(14)13(15)17-11/h6-9,12H,3-5,16H2,1-2H3. The zero-order chi connectivity index (χ0) is 12.6. The summed E-state index contributed by atoms with van der Waals surface area (Å²) in [4.78, 5) is 1.30. The van der Waals surface area contributed by atoms with E-state index >= 15 is 0 Å². The number of halogens is 2. The molecule has 2 rings (SSSR count). The van der Waals surface area contributed by atoms with Crippen LogP contribution >= 0.6 is 43.2 Å². The van der Waals surface area contributed by atoms with E-state index in [0.29, 0.717) is 5.92 Å². The SMILES string of the molecule is CC1CC(C)CC(C(N)c2cc(Br)c(Br)s2)C1. The van der Waals surface area contributed by atoms with Crippen LogP contribution in [0.3, 0.4) is 0 Å². The van der Waals surface area contributed by atoms with Crippen molar-refractivity contribution in [1.29, 1.82) is 0 Å². The van der Waals surface area contributed by atoms with Crippen molar-refractivity contribution in [2.45, 2.75) is 39.2 Å². The summed E-state index contributed by atoms with van der Waals surface area (Å²) >= 11 is 8.85. The maximum absolute atomic E-state index is 6.45. The average Bonchev–Trinajstić information content (AvgIpc) is 2.57.